The van der Waals surface area contributed by atoms with Crippen LogP contribution in [0.2, 0.25) is 0 Å². The van der Waals surface area contributed by atoms with Crippen LogP contribution < -0.4 is 15.9 Å². The Morgan fingerprint density at radius 3 is 1.36 bits per heavy atom. The van der Waals surface area contributed by atoms with Crippen molar-refractivity contribution in [2.75, 3.05) is 0 Å². The van der Waals surface area contributed by atoms with E-state index in [0.29, 0.717) is 0 Å². The largest absolute Gasteiger partial charge is 0.522 e. The van der Waals surface area contributed by atoms with Gasteiger partial charge in [-0.15, -0.1) is 0 Å². The van der Waals surface area contributed by atoms with Crippen molar-refractivity contribution in [2.45, 2.75) is 12.4 Å². The van der Waals surface area contributed by atoms with Crippen LogP contribution in [0.4, 0.5) is 13.2 Å². The standard InChI is InChI=1S/C19H17P.CHF3O3S/c1-16-12-14-19(15-13-16)20(17-8-4-2-5-9-17)18-10-6-3-7-11-18;2-1(3,4)8(5,6)7/h2-15H,1H3;(H,5,6,7). The Balaban J connectivity index is 0.000000300. The highest BCUT2D eigenvalue weighted by Gasteiger charge is 2.44. The van der Waals surface area contributed by atoms with E-state index in [1.807, 2.05) is 0 Å². The monoisotopic (exact) mass is 426 g/mol. The highest BCUT2D eigenvalue weighted by Crippen LogP contribution is 2.32. The van der Waals surface area contributed by atoms with Crippen molar-refractivity contribution in [2.24, 2.45) is 0 Å². The number of halogens is 3. The zero-order valence-corrected chi connectivity index (χ0v) is 16.5. The van der Waals surface area contributed by atoms with Crippen molar-refractivity contribution >= 4 is 34.0 Å². The lowest BCUT2D eigenvalue weighted by molar-refractivity contribution is -0.0510. The molecule has 28 heavy (non-hydrogen) atoms. The van der Waals surface area contributed by atoms with Crippen LogP contribution >= 0.6 is 7.92 Å². The first-order valence-corrected chi connectivity index (χ1v) is 10.9. The van der Waals surface area contributed by atoms with Gasteiger partial charge in [0.2, 0.25) is 0 Å². The zero-order valence-electron chi connectivity index (χ0n) is 14.8. The quantitative estimate of drug-likeness (QED) is 0.389. The van der Waals surface area contributed by atoms with Crippen molar-refractivity contribution in [3.63, 3.8) is 0 Å². The lowest BCUT2D eigenvalue weighted by Crippen LogP contribution is -2.21. The fourth-order valence-electron chi connectivity index (χ4n) is 2.30. The lowest BCUT2D eigenvalue weighted by Gasteiger charge is -2.19. The van der Waals surface area contributed by atoms with E-state index in [2.05, 4.69) is 91.9 Å². The van der Waals surface area contributed by atoms with Gasteiger partial charge in [0.25, 0.3) is 0 Å². The minimum Gasteiger partial charge on any atom is -0.279 e. The van der Waals surface area contributed by atoms with Crippen LogP contribution in [0, 0.1) is 6.92 Å². The Bertz CT molecular complexity index is 935. The van der Waals surface area contributed by atoms with Gasteiger partial charge in [-0.1, -0.05) is 90.5 Å². The summed E-state index contributed by atoms with van der Waals surface area (Å²) >= 11 is 0. The Hall–Kier alpha value is -2.21. The molecular formula is C20H18F3O3PS. The summed E-state index contributed by atoms with van der Waals surface area (Å²) in [6.45, 7) is 2.14. The summed E-state index contributed by atoms with van der Waals surface area (Å²) in [6, 6.07) is 30.5. The Morgan fingerprint density at radius 2 is 1.04 bits per heavy atom. The zero-order chi connectivity index (χ0) is 20.8. The van der Waals surface area contributed by atoms with Crippen molar-refractivity contribution in [1.29, 1.82) is 0 Å². The predicted octanol–water partition coefficient (Wildman–Crippen LogP) is 4.15. The third-order valence-electron chi connectivity index (χ3n) is 3.61. The van der Waals surface area contributed by atoms with Gasteiger partial charge in [0, 0.05) is 0 Å². The maximum Gasteiger partial charge on any atom is 0.522 e. The molecule has 0 aliphatic rings. The average molecular weight is 426 g/mol. The molecule has 0 amide bonds. The maximum atomic E-state index is 10.7. The molecule has 3 aromatic rings. The molecule has 8 heteroatoms. The molecule has 0 spiro atoms. The summed E-state index contributed by atoms with van der Waals surface area (Å²) in [7, 11) is -6.30. The van der Waals surface area contributed by atoms with Gasteiger partial charge in [0.1, 0.15) is 0 Å². The molecule has 3 rings (SSSR count). The first-order chi connectivity index (χ1) is 13.1. The topological polar surface area (TPSA) is 54.4 Å². The van der Waals surface area contributed by atoms with E-state index in [1.54, 1.807) is 0 Å². The molecule has 0 unspecified atom stereocenters. The molecule has 0 saturated carbocycles. The Labute approximate surface area is 163 Å². The number of rotatable bonds is 3. The molecule has 0 aliphatic heterocycles. The second-order valence-electron chi connectivity index (χ2n) is 5.76. The van der Waals surface area contributed by atoms with Crippen LogP contribution in [-0.4, -0.2) is 18.5 Å². The second-order valence-corrected chi connectivity index (χ2v) is 9.40. The molecule has 1 N–H and O–H groups in total. The fraction of sp³-hybridized carbons (Fsp3) is 0.100. The number of hydrogen-bond donors (Lipinski definition) is 1. The molecule has 0 aromatic heterocycles. The molecule has 0 atom stereocenters. The Kier molecular flexibility index (Phi) is 7.35. The third kappa shape index (κ3) is 6.16. The average Bonchev–Trinajstić information content (AvgIpc) is 2.64. The summed E-state index contributed by atoms with van der Waals surface area (Å²) in [4.78, 5) is 0. The SMILES string of the molecule is Cc1ccc(P(c2ccccc2)c2ccccc2)cc1.O=S(=O)(O)C(F)(F)F. The van der Waals surface area contributed by atoms with E-state index in [-0.39, 0.29) is 0 Å². The fourth-order valence-corrected chi connectivity index (χ4v) is 4.58. The molecule has 3 aromatic carbocycles. The van der Waals surface area contributed by atoms with Crippen LogP contribution in [0.25, 0.3) is 0 Å². The smallest absolute Gasteiger partial charge is 0.279 e. The van der Waals surface area contributed by atoms with Crippen molar-refractivity contribution in [1.82, 2.24) is 0 Å². The van der Waals surface area contributed by atoms with Crippen LogP contribution in [0.1, 0.15) is 5.56 Å². The van der Waals surface area contributed by atoms with Crippen LogP contribution in [0.3, 0.4) is 0 Å². The minimum absolute atomic E-state index is 0.458. The van der Waals surface area contributed by atoms with Crippen molar-refractivity contribution in [3.05, 3.63) is 90.5 Å². The number of benzene rings is 3. The molecule has 0 bridgehead atoms. The first kappa shape index (κ1) is 22.1. The third-order valence-corrected chi connectivity index (χ3v) is 6.64. The summed E-state index contributed by atoms with van der Waals surface area (Å²) < 4.78 is 57.5. The molecule has 0 radical (unpaired) electrons. The number of aryl methyl sites for hydroxylation is 1. The van der Waals surface area contributed by atoms with E-state index >= 15 is 0 Å². The summed E-state index contributed by atoms with van der Waals surface area (Å²) in [5.41, 5.74) is -4.22. The van der Waals surface area contributed by atoms with Gasteiger partial charge in [-0.3, -0.25) is 4.55 Å². The molecule has 3 nitrogen and oxygen atoms in total. The Morgan fingerprint density at radius 1 is 0.714 bits per heavy atom. The first-order valence-electron chi connectivity index (χ1n) is 8.10. The van der Waals surface area contributed by atoms with E-state index < -0.39 is 23.5 Å². The normalized spacial score (nSPS) is 11.6. The van der Waals surface area contributed by atoms with E-state index in [9.17, 15) is 13.2 Å². The molecule has 148 valence electrons. The van der Waals surface area contributed by atoms with Gasteiger partial charge >= 0.3 is 15.6 Å². The van der Waals surface area contributed by atoms with E-state index in [0.717, 1.165) is 0 Å². The molecule has 0 heterocycles. The van der Waals surface area contributed by atoms with Gasteiger partial charge in [-0.25, -0.2) is 0 Å². The van der Waals surface area contributed by atoms with Gasteiger partial charge < -0.3 is 0 Å². The highest BCUT2D eigenvalue weighted by atomic mass is 32.2. The van der Waals surface area contributed by atoms with Crippen LogP contribution in [0.15, 0.2) is 84.9 Å². The predicted molar refractivity (Wildman–Crippen MR) is 107 cm³/mol. The molecule has 0 fully saturated rings. The van der Waals surface area contributed by atoms with Gasteiger partial charge in [-0.2, -0.15) is 21.6 Å². The van der Waals surface area contributed by atoms with Crippen molar-refractivity contribution < 1.29 is 26.1 Å². The van der Waals surface area contributed by atoms with Crippen LogP contribution in [0.5, 0.6) is 0 Å². The number of alkyl halides is 3. The van der Waals surface area contributed by atoms with Gasteiger partial charge in [0.05, 0.1) is 0 Å². The molecule has 0 aliphatic carbocycles. The van der Waals surface area contributed by atoms with Gasteiger partial charge in [0.15, 0.2) is 0 Å². The van der Waals surface area contributed by atoms with Crippen molar-refractivity contribution in [3.8, 4) is 0 Å². The molecule has 0 saturated heterocycles. The lowest BCUT2D eigenvalue weighted by atomic mass is 10.2. The summed E-state index contributed by atoms with van der Waals surface area (Å²) in [6.07, 6.45) is 0. The maximum absolute atomic E-state index is 10.7. The summed E-state index contributed by atoms with van der Waals surface area (Å²) in [5, 5.41) is 4.21. The highest BCUT2D eigenvalue weighted by molar-refractivity contribution is 7.86. The second kappa shape index (κ2) is 9.32. The summed E-state index contributed by atoms with van der Waals surface area (Å²) in [5.74, 6) is 0. The molecular weight excluding hydrogens is 408 g/mol. The van der Waals surface area contributed by atoms with E-state index in [1.165, 1.54) is 21.5 Å². The van der Waals surface area contributed by atoms with Crippen LogP contribution in [-0.2, 0) is 10.1 Å². The van der Waals surface area contributed by atoms with Gasteiger partial charge in [-0.05, 0) is 30.8 Å². The minimum atomic E-state index is -5.84. The number of hydrogen-bond acceptors (Lipinski definition) is 2. The van der Waals surface area contributed by atoms with E-state index in [4.69, 9.17) is 13.0 Å².